The lowest BCUT2D eigenvalue weighted by molar-refractivity contribution is -0.158. The van der Waals surface area contributed by atoms with E-state index in [-0.39, 0.29) is 43.4 Å². The predicted octanol–water partition coefficient (Wildman–Crippen LogP) is 3.64. The van der Waals surface area contributed by atoms with E-state index in [0.717, 1.165) is 37.3 Å². The smallest absolute Gasteiger partial charge is 0.246 e. The number of aliphatic hydroxyl groups excluding tert-OH is 1. The zero-order valence-electron chi connectivity index (χ0n) is 62.6. The summed E-state index contributed by atoms with van der Waals surface area (Å²) in [6, 6.07) is -12.1. The highest BCUT2D eigenvalue weighted by Gasteiger charge is 2.51. The molecule has 14 atom stereocenters. The highest BCUT2D eigenvalue weighted by molar-refractivity contribution is 5.99. The molecule has 25 heteroatoms. The second kappa shape index (κ2) is 37.2. The first-order valence-electron chi connectivity index (χ1n) is 35.4. The highest BCUT2D eigenvalue weighted by atomic mass is 16.3. The van der Waals surface area contributed by atoms with E-state index in [1.807, 2.05) is 55.4 Å². The molecule has 2 heterocycles. The summed E-state index contributed by atoms with van der Waals surface area (Å²) in [5, 5.41) is 24.0. The summed E-state index contributed by atoms with van der Waals surface area (Å²) in [6.07, 6.45) is 5.07. The van der Waals surface area contributed by atoms with Gasteiger partial charge < -0.3 is 60.3 Å². The molecule has 0 aromatic heterocycles. The number of rotatable bonds is 19. The number of nitrogens with one attached hydrogen (secondary N) is 4. The second-order valence-corrected chi connectivity index (χ2v) is 30.0. The summed E-state index contributed by atoms with van der Waals surface area (Å²) in [5.41, 5.74) is -1.93. The van der Waals surface area contributed by atoms with E-state index in [9.17, 15) is 29.1 Å². The minimum atomic E-state index is -1.93. The van der Waals surface area contributed by atoms with Gasteiger partial charge in [-0.05, 0) is 101 Å². The summed E-state index contributed by atoms with van der Waals surface area (Å²) < 4.78 is 0. The predicted molar refractivity (Wildman–Crippen MR) is 368 cm³/mol. The van der Waals surface area contributed by atoms with E-state index in [0.29, 0.717) is 44.8 Å². The standard InChI is InChI=1S/C70H127N13O12/c1-25-27-29-46(13)59(85)58-62(88)73-52(26-2)65(91)75(18)50(17)64(90)81(24)70(40-84,47(14)39-82-32-34-83(35-33-82)51-30-28-31-51)74-56(44(9)10)68(94)76(19)53(36-41(3)4)61(87)71-48(15)60(86)72-49(16)63(89)77(20)54(37-42(5)6)66(92)78(21)55(38-43(7)8)67(93)79(22)57(45(11)12)69(95)80(58)23/h40-59,74,85H,25-39H2,1-24H3,(H,71,87)(H,72,86)(H,73,88)/t46-,47-,48+,49-,50-,52+,53+,54+,55+,56+,57+,58+,59-,70-/m1/s1. The average molecular weight is 1340 g/mol. The van der Waals surface area contributed by atoms with E-state index in [1.54, 1.807) is 41.5 Å². The Morgan fingerprint density at radius 2 is 1.01 bits per heavy atom. The Bertz CT molecular complexity index is 2590. The van der Waals surface area contributed by atoms with Gasteiger partial charge in [-0.2, -0.15) is 0 Å². The number of hydrogen-bond donors (Lipinski definition) is 5. The van der Waals surface area contributed by atoms with Gasteiger partial charge >= 0.3 is 0 Å². The van der Waals surface area contributed by atoms with Crippen molar-refractivity contribution in [3.8, 4) is 0 Å². The maximum Gasteiger partial charge on any atom is 0.246 e. The first kappa shape index (κ1) is 83.4. The fourth-order valence-corrected chi connectivity index (χ4v) is 13.6. The lowest BCUT2D eigenvalue weighted by Crippen LogP contribution is -2.72. The first-order chi connectivity index (χ1) is 44.2. The molecule has 0 radical (unpaired) electrons. The topological polar surface area (TPSA) is 285 Å². The number of hydrogen-bond acceptors (Lipinski definition) is 15. The highest BCUT2D eigenvalue weighted by Crippen LogP contribution is 2.31. The van der Waals surface area contributed by atoms with Crippen LogP contribution in [0.1, 0.15) is 182 Å². The van der Waals surface area contributed by atoms with Crippen molar-refractivity contribution < 1.29 is 57.8 Å². The van der Waals surface area contributed by atoms with Crippen molar-refractivity contribution >= 4 is 65.4 Å². The molecule has 0 unspecified atom stereocenters. The minimum Gasteiger partial charge on any atom is -0.390 e. The third-order valence-electron chi connectivity index (χ3n) is 20.5. The normalized spacial score (nSPS) is 29.3. The van der Waals surface area contributed by atoms with Crippen molar-refractivity contribution in [3.05, 3.63) is 0 Å². The molecule has 3 fully saturated rings. The number of nitrogens with zero attached hydrogens (tertiary/aromatic N) is 9. The first-order valence-corrected chi connectivity index (χ1v) is 35.4. The summed E-state index contributed by atoms with van der Waals surface area (Å²) in [7, 11) is 10.1. The van der Waals surface area contributed by atoms with Crippen molar-refractivity contribution in [2.45, 2.75) is 260 Å². The van der Waals surface area contributed by atoms with Crippen molar-refractivity contribution in [2.24, 2.45) is 41.4 Å². The third kappa shape index (κ3) is 21.1. The zero-order valence-corrected chi connectivity index (χ0v) is 62.6. The lowest BCUT2D eigenvalue weighted by Gasteiger charge is -2.49. The lowest BCUT2D eigenvalue weighted by atomic mass is 9.88. The zero-order chi connectivity index (χ0) is 72.6. The minimum absolute atomic E-state index is 0.00632. The van der Waals surface area contributed by atoms with Gasteiger partial charge in [0.25, 0.3) is 0 Å². The monoisotopic (exact) mass is 1340 g/mol. The van der Waals surface area contributed by atoms with E-state index in [2.05, 4.69) is 31.1 Å². The van der Waals surface area contributed by atoms with Crippen molar-refractivity contribution in [1.82, 2.24) is 65.4 Å². The largest absolute Gasteiger partial charge is 0.390 e. The molecule has 3 rings (SSSR count). The summed E-state index contributed by atoms with van der Waals surface area (Å²) >= 11 is 0. The molecule has 3 aliphatic rings. The Morgan fingerprint density at radius 1 is 0.526 bits per heavy atom. The van der Waals surface area contributed by atoms with Gasteiger partial charge in [0.2, 0.25) is 59.1 Å². The van der Waals surface area contributed by atoms with Crippen LogP contribution in [0.15, 0.2) is 0 Å². The van der Waals surface area contributed by atoms with E-state index >= 15 is 28.8 Å². The molecule has 0 aromatic rings. The Labute approximate surface area is 570 Å². The van der Waals surface area contributed by atoms with Gasteiger partial charge in [-0.3, -0.25) is 63.0 Å². The van der Waals surface area contributed by atoms with Gasteiger partial charge in [-0.1, -0.05) is 116 Å². The Morgan fingerprint density at radius 3 is 1.47 bits per heavy atom. The Kier molecular flexibility index (Phi) is 32.7. The molecule has 25 nitrogen and oxygen atoms in total. The van der Waals surface area contributed by atoms with Gasteiger partial charge in [0, 0.05) is 94.0 Å². The number of amides is 10. The summed E-state index contributed by atoms with van der Waals surface area (Å²) in [6.45, 7) is 33.4. The Hall–Kier alpha value is -5.79. The molecule has 5 N–H and O–H groups in total. The van der Waals surface area contributed by atoms with Gasteiger partial charge in [-0.25, -0.2) is 0 Å². The van der Waals surface area contributed by atoms with Crippen LogP contribution in [-0.2, 0) is 52.7 Å². The molecule has 0 spiro atoms. The van der Waals surface area contributed by atoms with E-state index < -0.39 is 155 Å². The third-order valence-corrected chi connectivity index (χ3v) is 20.5. The van der Waals surface area contributed by atoms with Crippen LogP contribution in [0.25, 0.3) is 0 Å². The molecule has 0 bridgehead atoms. The van der Waals surface area contributed by atoms with Crippen LogP contribution in [0, 0.1) is 41.4 Å². The SMILES string of the molecule is CCCC[C@@H](C)[C@@H](O)[C@H]1C(=O)N[C@@H](CC)C(=O)N(C)[C@H](C)C(=O)N(C)[C@](C=O)([C@H](C)CN2CCN(C3CCC3)CC2)N[C@@H](C(C)C)C(=O)N(C)[C@@H](CC(C)C)C(=O)N[C@@H](C)C(=O)N[C@H](C)C(=O)N(C)[C@@H](CC(C)C)C(=O)N(C)[C@@H](CC(C)C)C(=O)N(C)[C@@H](C(C)C)C(=O)N1C. The van der Waals surface area contributed by atoms with Gasteiger partial charge in [0.15, 0.2) is 11.9 Å². The second-order valence-electron chi connectivity index (χ2n) is 30.0. The molecule has 1 aliphatic carbocycles. The van der Waals surface area contributed by atoms with Crippen LogP contribution < -0.4 is 21.3 Å². The summed E-state index contributed by atoms with van der Waals surface area (Å²) in [5.74, 6) is -9.58. The maximum absolute atomic E-state index is 15.4. The number of aliphatic hydroxyl groups is 1. The van der Waals surface area contributed by atoms with Crippen LogP contribution in [0.4, 0.5) is 0 Å². The van der Waals surface area contributed by atoms with Gasteiger partial charge in [-0.15, -0.1) is 0 Å². The number of carbonyl (C=O) groups excluding carboxylic acids is 11. The fraction of sp³-hybridized carbons (Fsp3) is 0.843. The van der Waals surface area contributed by atoms with E-state index in [1.165, 1.54) is 106 Å². The van der Waals surface area contributed by atoms with Crippen LogP contribution in [0.2, 0.25) is 0 Å². The molecule has 2 saturated heterocycles. The summed E-state index contributed by atoms with van der Waals surface area (Å²) in [4.78, 5) is 178. The molecular formula is C70H127N13O12. The fourth-order valence-electron chi connectivity index (χ4n) is 13.6. The molecule has 2 aliphatic heterocycles. The number of carbonyl (C=O) groups is 11. The molecule has 0 aromatic carbocycles. The molecule has 10 amide bonds. The number of aldehydes is 1. The average Bonchev–Trinajstić information content (AvgIpc) is 0.779. The Balaban J connectivity index is 2.38. The van der Waals surface area contributed by atoms with Crippen molar-refractivity contribution in [3.63, 3.8) is 0 Å². The van der Waals surface area contributed by atoms with Gasteiger partial charge in [0.1, 0.15) is 54.4 Å². The number of piperazine rings is 1. The number of likely N-dealkylation sites (N-methyl/N-ethyl adjacent to an activating group) is 7. The van der Waals surface area contributed by atoms with Crippen LogP contribution in [0.3, 0.4) is 0 Å². The molecule has 1 saturated carbocycles. The molecule has 544 valence electrons. The van der Waals surface area contributed by atoms with Crippen LogP contribution in [-0.4, -0.2) is 275 Å². The molecule has 95 heavy (non-hydrogen) atoms. The van der Waals surface area contributed by atoms with Gasteiger partial charge in [0.05, 0.1) is 12.1 Å². The van der Waals surface area contributed by atoms with Crippen LogP contribution >= 0.6 is 0 Å². The quantitative estimate of drug-likeness (QED) is 0.116. The van der Waals surface area contributed by atoms with E-state index in [4.69, 9.17) is 0 Å². The van der Waals surface area contributed by atoms with Crippen molar-refractivity contribution in [2.75, 3.05) is 82.1 Å². The maximum atomic E-state index is 15.4. The molecular weight excluding hydrogens is 1210 g/mol. The van der Waals surface area contributed by atoms with Crippen LogP contribution in [0.5, 0.6) is 0 Å². The van der Waals surface area contributed by atoms with Crippen molar-refractivity contribution in [1.29, 1.82) is 0 Å². The number of unbranched alkanes of at least 4 members (excludes halogenated alkanes) is 1.